The second kappa shape index (κ2) is 5.41. The summed E-state index contributed by atoms with van der Waals surface area (Å²) in [5, 5.41) is 2.08. The van der Waals surface area contributed by atoms with Gasteiger partial charge in [0, 0.05) is 4.88 Å². The molecule has 21 heavy (non-hydrogen) atoms. The molecule has 3 rings (SSSR count). The topological polar surface area (TPSA) is 50.9 Å². The lowest BCUT2D eigenvalue weighted by Gasteiger charge is -2.36. The zero-order chi connectivity index (χ0) is 14.9. The van der Waals surface area contributed by atoms with Crippen molar-refractivity contribution in [1.29, 1.82) is 0 Å². The number of nitrogens with two attached hydrogens (primary N) is 1. The second-order valence-electron chi connectivity index (χ2n) is 5.35. The van der Waals surface area contributed by atoms with Gasteiger partial charge in [-0.15, -0.1) is 11.3 Å². The van der Waals surface area contributed by atoms with E-state index in [9.17, 15) is 0 Å². The van der Waals surface area contributed by atoms with Gasteiger partial charge >= 0.3 is 0 Å². The highest BCUT2D eigenvalue weighted by atomic mass is 32.1. The van der Waals surface area contributed by atoms with Crippen LogP contribution in [0.15, 0.2) is 46.8 Å². The van der Waals surface area contributed by atoms with Crippen LogP contribution in [0.25, 0.3) is 0 Å². The minimum absolute atomic E-state index is 0.234. The summed E-state index contributed by atoms with van der Waals surface area (Å²) in [5.41, 5.74) is 7.06. The third kappa shape index (κ3) is 2.49. The van der Waals surface area contributed by atoms with Crippen molar-refractivity contribution in [2.75, 3.05) is 13.7 Å². The van der Waals surface area contributed by atoms with Gasteiger partial charge in [0.05, 0.1) is 25.7 Å². The van der Waals surface area contributed by atoms with E-state index in [2.05, 4.69) is 46.5 Å². The van der Waals surface area contributed by atoms with Crippen LogP contribution in [-0.2, 0) is 12.1 Å². The predicted molar refractivity (Wildman–Crippen MR) is 86.7 cm³/mol. The third-order valence-electron chi connectivity index (χ3n) is 4.01. The molecule has 5 heteroatoms. The Kier molecular flexibility index (Phi) is 3.59. The van der Waals surface area contributed by atoms with Gasteiger partial charge in [-0.3, -0.25) is 4.99 Å². The summed E-state index contributed by atoms with van der Waals surface area (Å²) in [6.45, 7) is 3.62. The van der Waals surface area contributed by atoms with Crippen LogP contribution in [-0.4, -0.2) is 24.5 Å². The molecule has 2 aromatic rings. The van der Waals surface area contributed by atoms with Crippen LogP contribution < -0.4 is 10.5 Å². The number of methoxy groups -OCH3 is 1. The van der Waals surface area contributed by atoms with Crippen molar-refractivity contribution in [3.05, 3.63) is 52.2 Å². The maximum atomic E-state index is 6.13. The first kappa shape index (κ1) is 13.9. The Morgan fingerprint density at radius 2 is 2.24 bits per heavy atom. The number of ether oxygens (including phenoxy) is 1. The zero-order valence-electron chi connectivity index (χ0n) is 12.2. The molecule has 1 aliphatic rings. The molecule has 110 valence electrons. The summed E-state index contributed by atoms with van der Waals surface area (Å²) in [5.74, 6) is 1.46. The van der Waals surface area contributed by atoms with Crippen molar-refractivity contribution in [3.8, 4) is 5.75 Å². The number of thiophene rings is 1. The highest BCUT2D eigenvalue weighted by Crippen LogP contribution is 2.35. The van der Waals surface area contributed by atoms with Crippen molar-refractivity contribution in [3.63, 3.8) is 0 Å². The molecule has 2 heterocycles. The van der Waals surface area contributed by atoms with Gasteiger partial charge in [0.2, 0.25) is 0 Å². The molecular formula is C16H19N3OS. The summed E-state index contributed by atoms with van der Waals surface area (Å²) < 4.78 is 5.34. The molecule has 2 N–H and O–H groups in total. The highest BCUT2D eigenvalue weighted by molar-refractivity contribution is 7.09. The number of hydrogen-bond donors (Lipinski definition) is 1. The number of benzene rings is 1. The van der Waals surface area contributed by atoms with Gasteiger partial charge in [-0.05, 0) is 36.1 Å². The lowest BCUT2D eigenvalue weighted by molar-refractivity contribution is 0.218. The van der Waals surface area contributed by atoms with E-state index in [0.717, 1.165) is 12.3 Å². The molecule has 1 aromatic carbocycles. The van der Waals surface area contributed by atoms with Crippen LogP contribution in [0.5, 0.6) is 5.75 Å². The van der Waals surface area contributed by atoms with Crippen molar-refractivity contribution in [1.82, 2.24) is 4.90 Å². The third-order valence-corrected chi connectivity index (χ3v) is 4.87. The summed E-state index contributed by atoms with van der Waals surface area (Å²) in [6, 6.07) is 12.3. The summed E-state index contributed by atoms with van der Waals surface area (Å²) in [4.78, 5) is 7.92. The van der Waals surface area contributed by atoms with Crippen LogP contribution in [0, 0.1) is 0 Å². The van der Waals surface area contributed by atoms with Crippen molar-refractivity contribution >= 4 is 17.3 Å². The van der Waals surface area contributed by atoms with E-state index < -0.39 is 0 Å². The van der Waals surface area contributed by atoms with E-state index in [-0.39, 0.29) is 5.54 Å². The number of rotatable bonds is 4. The number of aliphatic imine (C=N–C) groups is 1. The van der Waals surface area contributed by atoms with Crippen LogP contribution in [0.2, 0.25) is 0 Å². The van der Waals surface area contributed by atoms with E-state index in [0.29, 0.717) is 12.5 Å². The van der Waals surface area contributed by atoms with E-state index in [1.807, 2.05) is 12.1 Å². The van der Waals surface area contributed by atoms with Crippen LogP contribution >= 0.6 is 11.3 Å². The minimum Gasteiger partial charge on any atom is -0.497 e. The summed E-state index contributed by atoms with van der Waals surface area (Å²) in [7, 11) is 1.68. The Bertz CT molecular complexity index is 653. The Balaban J connectivity index is 1.94. The molecular weight excluding hydrogens is 282 g/mol. The molecule has 0 aliphatic carbocycles. The second-order valence-corrected chi connectivity index (χ2v) is 6.38. The molecule has 4 nitrogen and oxygen atoms in total. The fourth-order valence-corrected chi connectivity index (χ4v) is 3.37. The van der Waals surface area contributed by atoms with Gasteiger partial charge in [0.15, 0.2) is 5.96 Å². The molecule has 1 unspecified atom stereocenters. The molecule has 0 fully saturated rings. The number of hydrogen-bond acceptors (Lipinski definition) is 5. The van der Waals surface area contributed by atoms with Gasteiger partial charge in [0.1, 0.15) is 5.75 Å². The van der Waals surface area contributed by atoms with Crippen LogP contribution in [0.1, 0.15) is 17.4 Å². The molecule has 1 aliphatic heterocycles. The monoisotopic (exact) mass is 301 g/mol. The normalized spacial score (nSPS) is 21.4. The first-order chi connectivity index (χ1) is 10.1. The van der Waals surface area contributed by atoms with Gasteiger partial charge in [-0.1, -0.05) is 18.2 Å². The first-order valence-electron chi connectivity index (χ1n) is 6.88. The van der Waals surface area contributed by atoms with E-state index >= 15 is 0 Å². The van der Waals surface area contributed by atoms with Crippen LogP contribution in [0.4, 0.5) is 0 Å². The van der Waals surface area contributed by atoms with E-state index in [4.69, 9.17) is 10.5 Å². The predicted octanol–water partition coefficient (Wildman–Crippen LogP) is 2.80. The van der Waals surface area contributed by atoms with E-state index in [1.54, 1.807) is 18.4 Å². The standard InChI is InChI=1S/C16H19N3OS/c1-16(12-5-3-6-13(9-12)20-2)11-18-15(17)19(16)10-14-7-4-8-21-14/h3-9H,10-11H2,1-2H3,(H2,17,18). The minimum atomic E-state index is -0.234. The summed E-state index contributed by atoms with van der Waals surface area (Å²) >= 11 is 1.74. The fraction of sp³-hybridized carbons (Fsp3) is 0.312. The fourth-order valence-electron chi connectivity index (χ4n) is 2.68. The van der Waals surface area contributed by atoms with E-state index in [1.165, 1.54) is 10.4 Å². The van der Waals surface area contributed by atoms with Crippen molar-refractivity contribution in [2.24, 2.45) is 10.7 Å². The Morgan fingerprint density at radius 3 is 2.95 bits per heavy atom. The largest absolute Gasteiger partial charge is 0.497 e. The molecule has 0 amide bonds. The molecule has 1 atom stereocenters. The highest BCUT2D eigenvalue weighted by Gasteiger charge is 2.39. The molecule has 0 saturated heterocycles. The van der Waals surface area contributed by atoms with Crippen molar-refractivity contribution < 1.29 is 4.74 Å². The zero-order valence-corrected chi connectivity index (χ0v) is 13.1. The maximum Gasteiger partial charge on any atom is 0.192 e. The molecule has 0 radical (unpaired) electrons. The van der Waals surface area contributed by atoms with Gasteiger partial charge < -0.3 is 15.4 Å². The maximum absolute atomic E-state index is 6.13. The average Bonchev–Trinajstić information content (AvgIpc) is 3.12. The van der Waals surface area contributed by atoms with Gasteiger partial charge in [-0.25, -0.2) is 0 Å². The molecule has 0 saturated carbocycles. The Morgan fingerprint density at radius 1 is 1.38 bits per heavy atom. The first-order valence-corrected chi connectivity index (χ1v) is 7.76. The quantitative estimate of drug-likeness (QED) is 0.944. The lowest BCUT2D eigenvalue weighted by Crippen LogP contribution is -2.46. The van der Waals surface area contributed by atoms with Gasteiger partial charge in [-0.2, -0.15) is 0 Å². The molecule has 0 bridgehead atoms. The van der Waals surface area contributed by atoms with Crippen LogP contribution in [0.3, 0.4) is 0 Å². The number of nitrogens with zero attached hydrogens (tertiary/aromatic N) is 2. The lowest BCUT2D eigenvalue weighted by atomic mass is 9.91. The average molecular weight is 301 g/mol. The number of guanidine groups is 1. The Labute approximate surface area is 128 Å². The SMILES string of the molecule is COc1cccc(C2(C)CN=C(N)N2Cc2cccs2)c1. The molecule has 1 aromatic heterocycles. The van der Waals surface area contributed by atoms with Crippen molar-refractivity contribution in [2.45, 2.75) is 19.0 Å². The van der Waals surface area contributed by atoms with Gasteiger partial charge in [0.25, 0.3) is 0 Å². The summed E-state index contributed by atoms with van der Waals surface area (Å²) in [6.07, 6.45) is 0. The smallest absolute Gasteiger partial charge is 0.192 e. The Hall–Kier alpha value is -2.01. The molecule has 0 spiro atoms.